The molecular formula is C26H22FN5O. The highest BCUT2D eigenvalue weighted by atomic mass is 19.1. The second kappa shape index (κ2) is 8.70. The zero-order chi connectivity index (χ0) is 22.8. The Bertz CT molecular complexity index is 1410. The second-order valence-corrected chi connectivity index (χ2v) is 7.88. The van der Waals surface area contributed by atoms with Gasteiger partial charge in [0, 0.05) is 12.2 Å². The van der Waals surface area contributed by atoms with E-state index in [0.717, 1.165) is 28.0 Å². The van der Waals surface area contributed by atoms with E-state index in [1.807, 2.05) is 66.1 Å². The molecule has 5 aromatic rings. The third-order valence-corrected chi connectivity index (χ3v) is 5.61. The normalized spacial score (nSPS) is 12.1. The minimum absolute atomic E-state index is 0.300. The molecular weight excluding hydrogens is 417 g/mol. The van der Waals surface area contributed by atoms with Crippen molar-refractivity contribution in [1.29, 1.82) is 0 Å². The summed E-state index contributed by atoms with van der Waals surface area (Å²) in [5.41, 5.74) is 4.68. The smallest absolute Gasteiger partial charge is 0.272 e. The minimum atomic E-state index is -0.405. The van der Waals surface area contributed by atoms with E-state index < -0.39 is 6.04 Å². The monoisotopic (exact) mass is 439 g/mol. The van der Waals surface area contributed by atoms with Crippen molar-refractivity contribution in [3.05, 3.63) is 114 Å². The van der Waals surface area contributed by atoms with E-state index >= 15 is 0 Å². The maximum atomic E-state index is 13.6. The van der Waals surface area contributed by atoms with Crippen molar-refractivity contribution in [2.45, 2.75) is 19.5 Å². The van der Waals surface area contributed by atoms with Crippen molar-refractivity contribution >= 4 is 16.9 Å². The van der Waals surface area contributed by atoms with Gasteiger partial charge in [0.25, 0.3) is 5.91 Å². The Kier molecular flexibility index (Phi) is 5.44. The van der Waals surface area contributed by atoms with Gasteiger partial charge in [0.05, 0.1) is 29.1 Å². The summed E-state index contributed by atoms with van der Waals surface area (Å²) in [6, 6.07) is 25.0. The van der Waals surface area contributed by atoms with Crippen LogP contribution in [0.4, 0.5) is 4.39 Å². The van der Waals surface area contributed by atoms with E-state index in [9.17, 15) is 9.18 Å². The summed E-state index contributed by atoms with van der Waals surface area (Å²) in [6.07, 6.45) is 1.75. The number of carbonyl (C=O) groups excluding carboxylic acids is 1. The van der Waals surface area contributed by atoms with Crippen molar-refractivity contribution in [3.8, 4) is 5.69 Å². The third-order valence-electron chi connectivity index (χ3n) is 5.61. The fourth-order valence-corrected chi connectivity index (χ4v) is 3.93. The van der Waals surface area contributed by atoms with Crippen LogP contribution >= 0.6 is 0 Å². The number of imidazole rings is 1. The van der Waals surface area contributed by atoms with Gasteiger partial charge in [-0.15, -0.1) is 0 Å². The molecule has 0 aliphatic heterocycles. The Morgan fingerprint density at radius 3 is 2.52 bits per heavy atom. The van der Waals surface area contributed by atoms with Gasteiger partial charge < -0.3 is 9.88 Å². The van der Waals surface area contributed by atoms with E-state index in [1.54, 1.807) is 29.2 Å². The third kappa shape index (κ3) is 4.25. The first-order valence-corrected chi connectivity index (χ1v) is 10.7. The average molecular weight is 439 g/mol. The van der Waals surface area contributed by atoms with Crippen molar-refractivity contribution in [2.75, 3.05) is 0 Å². The minimum Gasteiger partial charge on any atom is -0.342 e. The number of carbonyl (C=O) groups is 1. The quantitative estimate of drug-likeness (QED) is 0.412. The van der Waals surface area contributed by atoms with Crippen molar-refractivity contribution in [3.63, 3.8) is 0 Å². The molecule has 0 fully saturated rings. The SMILES string of the molecule is Cc1cc(C(=O)NC(Cn2cnc3ccccc32)c2ccc(F)cc2)nn1-c1ccccc1. The highest BCUT2D eigenvalue weighted by Gasteiger charge is 2.20. The van der Waals surface area contributed by atoms with Crippen LogP contribution in [0.3, 0.4) is 0 Å². The number of fused-ring (bicyclic) bond motifs is 1. The number of halogens is 1. The Morgan fingerprint density at radius 2 is 1.73 bits per heavy atom. The molecule has 7 heteroatoms. The van der Waals surface area contributed by atoms with Gasteiger partial charge in [0.2, 0.25) is 0 Å². The molecule has 0 saturated carbocycles. The summed E-state index contributed by atoms with van der Waals surface area (Å²) >= 11 is 0. The van der Waals surface area contributed by atoms with Crippen molar-refractivity contribution < 1.29 is 9.18 Å². The number of aromatic nitrogens is 4. The van der Waals surface area contributed by atoms with Crippen molar-refractivity contribution in [2.24, 2.45) is 0 Å². The summed E-state index contributed by atoms with van der Waals surface area (Å²) in [7, 11) is 0. The predicted octanol–water partition coefficient (Wildman–Crippen LogP) is 4.84. The molecule has 164 valence electrons. The van der Waals surface area contributed by atoms with Gasteiger partial charge in [0.1, 0.15) is 5.82 Å². The first-order valence-electron chi connectivity index (χ1n) is 10.7. The number of benzene rings is 3. The van der Waals surface area contributed by atoms with Gasteiger partial charge in [-0.1, -0.05) is 42.5 Å². The van der Waals surface area contributed by atoms with Crippen molar-refractivity contribution in [1.82, 2.24) is 24.6 Å². The Morgan fingerprint density at radius 1 is 1.00 bits per heavy atom. The number of para-hydroxylation sites is 3. The maximum absolute atomic E-state index is 13.6. The molecule has 0 spiro atoms. The highest BCUT2D eigenvalue weighted by Crippen LogP contribution is 2.21. The lowest BCUT2D eigenvalue weighted by Crippen LogP contribution is -2.31. The van der Waals surface area contributed by atoms with Gasteiger partial charge in [-0.05, 0) is 55.0 Å². The van der Waals surface area contributed by atoms with Crippen LogP contribution in [0.2, 0.25) is 0 Å². The topological polar surface area (TPSA) is 64.7 Å². The molecule has 3 aromatic carbocycles. The molecule has 0 bridgehead atoms. The van der Waals surface area contributed by atoms with E-state index in [1.165, 1.54) is 12.1 Å². The van der Waals surface area contributed by atoms with Crippen LogP contribution in [-0.4, -0.2) is 25.2 Å². The number of hydrogen-bond acceptors (Lipinski definition) is 3. The second-order valence-electron chi connectivity index (χ2n) is 7.88. The predicted molar refractivity (Wildman–Crippen MR) is 125 cm³/mol. The number of nitrogens with one attached hydrogen (secondary N) is 1. The summed E-state index contributed by atoms with van der Waals surface area (Å²) in [5.74, 6) is -0.624. The largest absolute Gasteiger partial charge is 0.342 e. The van der Waals surface area contributed by atoms with Crippen LogP contribution in [0, 0.1) is 12.7 Å². The molecule has 2 aromatic heterocycles. The van der Waals surface area contributed by atoms with E-state index in [0.29, 0.717) is 12.2 Å². The molecule has 1 atom stereocenters. The Hall–Kier alpha value is -4.26. The molecule has 0 aliphatic rings. The number of aryl methyl sites for hydroxylation is 1. The highest BCUT2D eigenvalue weighted by molar-refractivity contribution is 5.92. The molecule has 33 heavy (non-hydrogen) atoms. The van der Waals surface area contributed by atoms with Gasteiger partial charge in [-0.2, -0.15) is 5.10 Å². The van der Waals surface area contributed by atoms with Crippen LogP contribution in [0.25, 0.3) is 16.7 Å². The molecule has 0 saturated heterocycles. The van der Waals surface area contributed by atoms with Crippen LogP contribution in [-0.2, 0) is 6.54 Å². The maximum Gasteiger partial charge on any atom is 0.272 e. The summed E-state index contributed by atoms with van der Waals surface area (Å²) in [4.78, 5) is 17.6. The Balaban J connectivity index is 1.45. The zero-order valence-corrected chi connectivity index (χ0v) is 18.0. The molecule has 1 amide bonds. The van der Waals surface area contributed by atoms with E-state index in [-0.39, 0.29) is 11.7 Å². The number of amides is 1. The summed E-state index contributed by atoms with van der Waals surface area (Å²) in [6.45, 7) is 2.35. The molecule has 5 rings (SSSR count). The molecule has 2 heterocycles. The molecule has 1 N–H and O–H groups in total. The number of hydrogen-bond donors (Lipinski definition) is 1. The number of nitrogens with zero attached hydrogens (tertiary/aromatic N) is 4. The van der Waals surface area contributed by atoms with Crippen LogP contribution < -0.4 is 5.32 Å². The summed E-state index contributed by atoms with van der Waals surface area (Å²) < 4.78 is 17.3. The summed E-state index contributed by atoms with van der Waals surface area (Å²) in [5, 5.41) is 7.59. The van der Waals surface area contributed by atoms with Crippen LogP contribution in [0.5, 0.6) is 0 Å². The molecule has 0 radical (unpaired) electrons. The zero-order valence-electron chi connectivity index (χ0n) is 18.0. The standard InChI is InChI=1S/C26H22FN5O/c1-18-15-23(30-32(18)21-7-3-2-4-8-21)26(33)29-24(19-11-13-20(27)14-12-19)16-31-17-28-22-9-5-6-10-25(22)31/h2-15,17,24H,16H2,1H3,(H,29,33). The lowest BCUT2D eigenvalue weighted by molar-refractivity contribution is 0.0927. The Labute approximate surface area is 190 Å². The average Bonchev–Trinajstić information content (AvgIpc) is 3.43. The van der Waals surface area contributed by atoms with Gasteiger partial charge in [-0.3, -0.25) is 4.79 Å². The first kappa shape index (κ1) is 20.6. The van der Waals surface area contributed by atoms with Crippen LogP contribution in [0.15, 0.2) is 91.3 Å². The van der Waals surface area contributed by atoms with Gasteiger partial charge in [0.15, 0.2) is 5.69 Å². The number of rotatable bonds is 6. The first-order chi connectivity index (χ1) is 16.1. The van der Waals surface area contributed by atoms with E-state index in [2.05, 4.69) is 15.4 Å². The lowest BCUT2D eigenvalue weighted by atomic mass is 10.1. The fraction of sp³-hybridized carbons (Fsp3) is 0.115. The fourth-order valence-electron chi connectivity index (χ4n) is 3.93. The molecule has 0 aliphatic carbocycles. The molecule has 1 unspecified atom stereocenters. The van der Waals surface area contributed by atoms with Crippen LogP contribution in [0.1, 0.15) is 27.8 Å². The van der Waals surface area contributed by atoms with Gasteiger partial charge >= 0.3 is 0 Å². The van der Waals surface area contributed by atoms with Gasteiger partial charge in [-0.25, -0.2) is 14.1 Å². The lowest BCUT2D eigenvalue weighted by Gasteiger charge is -2.20. The van der Waals surface area contributed by atoms with E-state index in [4.69, 9.17) is 0 Å². The molecule has 6 nitrogen and oxygen atoms in total.